The number of hydrogen-bond donors (Lipinski definition) is 2. The van der Waals surface area contributed by atoms with Gasteiger partial charge in [-0.1, -0.05) is 29.5 Å². The average Bonchev–Trinajstić information content (AvgIpc) is 2.91. The summed E-state index contributed by atoms with van der Waals surface area (Å²) >= 11 is 0. The zero-order valence-corrected chi connectivity index (χ0v) is 11.6. The molecule has 0 saturated carbocycles. The summed E-state index contributed by atoms with van der Waals surface area (Å²) in [6.07, 6.45) is 5.83. The Balaban J connectivity index is 1.54. The lowest BCUT2D eigenvalue weighted by Crippen LogP contribution is -2.25. The lowest BCUT2D eigenvalue weighted by molar-refractivity contribution is 0.463. The van der Waals surface area contributed by atoms with Crippen molar-refractivity contribution in [3.05, 3.63) is 47.8 Å². The molecule has 0 radical (unpaired) electrons. The molecule has 20 heavy (non-hydrogen) atoms. The highest BCUT2D eigenvalue weighted by Gasteiger charge is 2.16. The van der Waals surface area contributed by atoms with Gasteiger partial charge in [-0.2, -0.15) is 0 Å². The van der Waals surface area contributed by atoms with Crippen molar-refractivity contribution in [1.29, 1.82) is 0 Å². The van der Waals surface area contributed by atoms with E-state index in [9.17, 15) is 0 Å². The minimum atomic E-state index is 0.456. The molecule has 1 aromatic carbocycles. The Morgan fingerprint density at radius 2 is 2.30 bits per heavy atom. The molecule has 1 atom stereocenters. The molecule has 1 aliphatic heterocycles. The number of aromatic nitrogens is 3. The van der Waals surface area contributed by atoms with Gasteiger partial charge in [0.25, 0.3) is 0 Å². The summed E-state index contributed by atoms with van der Waals surface area (Å²) in [4.78, 5) is 0. The van der Waals surface area contributed by atoms with E-state index >= 15 is 0 Å². The van der Waals surface area contributed by atoms with Crippen molar-refractivity contribution < 1.29 is 0 Å². The molecule has 0 bridgehead atoms. The van der Waals surface area contributed by atoms with Crippen LogP contribution in [0.1, 0.15) is 30.0 Å². The van der Waals surface area contributed by atoms with E-state index in [1.807, 2.05) is 10.9 Å². The van der Waals surface area contributed by atoms with E-state index in [0.717, 1.165) is 39.0 Å². The quantitative estimate of drug-likeness (QED) is 0.809. The molecule has 5 heteroatoms. The lowest BCUT2D eigenvalue weighted by atomic mass is 9.99. The highest BCUT2D eigenvalue weighted by molar-refractivity contribution is 5.30. The predicted octanol–water partition coefficient (Wildman–Crippen LogP) is 1.49. The molecule has 1 aromatic heterocycles. The fraction of sp³-hybridized carbons (Fsp3) is 0.467. The van der Waals surface area contributed by atoms with Crippen LogP contribution in [0.4, 0.5) is 0 Å². The van der Waals surface area contributed by atoms with Crippen LogP contribution in [0.2, 0.25) is 0 Å². The smallest absolute Gasteiger partial charge is 0.0692 e. The summed E-state index contributed by atoms with van der Waals surface area (Å²) in [5.41, 5.74) is 2.86. The largest absolute Gasteiger partial charge is 0.313 e. The molecule has 2 aromatic rings. The van der Waals surface area contributed by atoms with E-state index in [-0.39, 0.29) is 0 Å². The first-order chi connectivity index (χ1) is 9.93. The second-order valence-corrected chi connectivity index (χ2v) is 5.19. The molecule has 1 aliphatic rings. The van der Waals surface area contributed by atoms with Crippen molar-refractivity contribution in [2.75, 3.05) is 13.1 Å². The van der Waals surface area contributed by atoms with Crippen LogP contribution in [0.5, 0.6) is 0 Å². The number of hydrogen-bond acceptors (Lipinski definition) is 4. The molecule has 3 rings (SSSR count). The minimum Gasteiger partial charge on any atom is -0.313 e. The molecule has 5 nitrogen and oxygen atoms in total. The first kappa shape index (κ1) is 13.3. The van der Waals surface area contributed by atoms with E-state index in [0.29, 0.717) is 6.04 Å². The fourth-order valence-corrected chi connectivity index (χ4v) is 2.74. The normalized spacial score (nSPS) is 18.5. The number of aryl methyl sites for hydroxylation is 1. The number of nitrogens with one attached hydrogen (secondary N) is 2. The second-order valence-electron chi connectivity index (χ2n) is 5.19. The van der Waals surface area contributed by atoms with Crippen LogP contribution in [-0.4, -0.2) is 28.1 Å². The Hall–Kier alpha value is -1.72. The molecule has 106 valence electrons. The summed E-state index contributed by atoms with van der Waals surface area (Å²) in [6.45, 7) is 3.96. The Labute approximate surface area is 119 Å². The maximum atomic E-state index is 3.98. The third kappa shape index (κ3) is 3.23. The first-order valence-corrected chi connectivity index (χ1v) is 7.29. The van der Waals surface area contributed by atoms with E-state index in [1.54, 1.807) is 6.20 Å². The van der Waals surface area contributed by atoms with Gasteiger partial charge >= 0.3 is 0 Å². The molecule has 2 heterocycles. The molecule has 2 N–H and O–H groups in total. The summed E-state index contributed by atoms with van der Waals surface area (Å²) < 4.78 is 1.88. The van der Waals surface area contributed by atoms with Gasteiger partial charge in [0.1, 0.15) is 0 Å². The molecular formula is C15H21N5. The average molecular weight is 271 g/mol. The highest BCUT2D eigenvalue weighted by atomic mass is 15.4. The van der Waals surface area contributed by atoms with Gasteiger partial charge in [-0.15, -0.1) is 5.10 Å². The topological polar surface area (TPSA) is 54.8 Å². The van der Waals surface area contributed by atoms with Gasteiger partial charge in [0, 0.05) is 25.3 Å². The Bertz CT molecular complexity index is 523. The highest BCUT2D eigenvalue weighted by Crippen LogP contribution is 2.23. The molecular weight excluding hydrogens is 250 g/mol. The summed E-state index contributed by atoms with van der Waals surface area (Å²) in [5, 5.41) is 15.0. The van der Waals surface area contributed by atoms with Crippen molar-refractivity contribution in [3.63, 3.8) is 0 Å². The number of benzene rings is 1. The van der Waals surface area contributed by atoms with Gasteiger partial charge in [0.2, 0.25) is 0 Å². The van der Waals surface area contributed by atoms with Crippen LogP contribution in [0.15, 0.2) is 36.7 Å². The van der Waals surface area contributed by atoms with E-state index in [2.05, 4.69) is 45.2 Å². The van der Waals surface area contributed by atoms with E-state index in [4.69, 9.17) is 0 Å². The number of nitrogens with zero attached hydrogens (tertiary/aromatic N) is 3. The first-order valence-electron chi connectivity index (χ1n) is 7.29. The zero-order chi connectivity index (χ0) is 13.6. The summed E-state index contributed by atoms with van der Waals surface area (Å²) in [5.74, 6) is 0. The van der Waals surface area contributed by atoms with Gasteiger partial charge < -0.3 is 10.6 Å². The van der Waals surface area contributed by atoms with Gasteiger partial charge in [0.15, 0.2) is 0 Å². The fourth-order valence-electron chi connectivity index (χ4n) is 2.74. The van der Waals surface area contributed by atoms with Crippen LogP contribution in [0, 0.1) is 0 Å². The molecule has 0 spiro atoms. The van der Waals surface area contributed by atoms with Crippen molar-refractivity contribution in [2.24, 2.45) is 0 Å². The van der Waals surface area contributed by atoms with Crippen LogP contribution in [0.25, 0.3) is 0 Å². The molecule has 0 amide bonds. The third-order valence-electron chi connectivity index (χ3n) is 3.78. The number of rotatable bonds is 5. The van der Waals surface area contributed by atoms with Crippen molar-refractivity contribution in [1.82, 2.24) is 25.6 Å². The molecule has 0 aliphatic carbocycles. The third-order valence-corrected chi connectivity index (χ3v) is 3.78. The molecule has 0 saturated heterocycles. The van der Waals surface area contributed by atoms with Crippen molar-refractivity contribution in [2.45, 2.75) is 32.0 Å². The Morgan fingerprint density at radius 3 is 3.20 bits per heavy atom. The van der Waals surface area contributed by atoms with Gasteiger partial charge in [-0.05, 0) is 37.1 Å². The molecule has 0 fully saturated rings. The predicted molar refractivity (Wildman–Crippen MR) is 78.1 cm³/mol. The summed E-state index contributed by atoms with van der Waals surface area (Å²) in [7, 11) is 0. The standard InChI is InChI=1S/C15H21N5/c1-2-5-14-13(4-1)12-16-8-6-15(14)17-7-3-10-20-11-9-18-19-20/h1-2,4-5,9,11,15-17H,3,6-8,10,12H2. The second kappa shape index (κ2) is 6.63. The summed E-state index contributed by atoms with van der Waals surface area (Å²) in [6, 6.07) is 9.17. The number of fused-ring (bicyclic) bond motifs is 1. The van der Waals surface area contributed by atoms with E-state index in [1.165, 1.54) is 11.1 Å². The van der Waals surface area contributed by atoms with Crippen LogP contribution in [-0.2, 0) is 13.1 Å². The maximum Gasteiger partial charge on any atom is 0.0692 e. The van der Waals surface area contributed by atoms with Crippen LogP contribution < -0.4 is 10.6 Å². The van der Waals surface area contributed by atoms with Gasteiger partial charge in [-0.3, -0.25) is 4.68 Å². The van der Waals surface area contributed by atoms with Gasteiger partial charge in [-0.25, -0.2) is 0 Å². The lowest BCUT2D eigenvalue weighted by Gasteiger charge is -2.19. The van der Waals surface area contributed by atoms with Crippen molar-refractivity contribution in [3.8, 4) is 0 Å². The van der Waals surface area contributed by atoms with E-state index < -0.39 is 0 Å². The minimum absolute atomic E-state index is 0.456. The SMILES string of the molecule is c1ccc2c(c1)CNCCC2NCCCn1ccnn1. The zero-order valence-electron chi connectivity index (χ0n) is 11.6. The Morgan fingerprint density at radius 1 is 1.35 bits per heavy atom. The van der Waals surface area contributed by atoms with Crippen LogP contribution >= 0.6 is 0 Å². The Kier molecular flexibility index (Phi) is 4.40. The van der Waals surface area contributed by atoms with Gasteiger partial charge in [0.05, 0.1) is 6.20 Å². The van der Waals surface area contributed by atoms with Crippen molar-refractivity contribution >= 4 is 0 Å². The molecule has 1 unspecified atom stereocenters. The maximum absolute atomic E-state index is 3.98. The van der Waals surface area contributed by atoms with Crippen LogP contribution in [0.3, 0.4) is 0 Å². The monoisotopic (exact) mass is 271 g/mol.